The Balaban J connectivity index is 1.61. The quantitative estimate of drug-likeness (QED) is 0.281. The second kappa shape index (κ2) is 10.7. The lowest BCUT2D eigenvalue weighted by molar-refractivity contribution is -0.136. The van der Waals surface area contributed by atoms with Crippen molar-refractivity contribution in [2.24, 2.45) is 5.10 Å². The highest BCUT2D eigenvalue weighted by molar-refractivity contribution is 9.10. The number of carbonyl (C=O) groups is 2. The first kappa shape index (κ1) is 22.5. The molecule has 0 aliphatic heterocycles. The van der Waals surface area contributed by atoms with E-state index in [4.69, 9.17) is 16.3 Å². The maximum Gasteiger partial charge on any atom is 0.329 e. The van der Waals surface area contributed by atoms with E-state index in [0.717, 1.165) is 15.6 Å². The summed E-state index contributed by atoms with van der Waals surface area (Å²) in [6.07, 6.45) is 1.42. The smallest absolute Gasteiger partial charge is 0.329 e. The minimum atomic E-state index is -0.908. The Bertz CT molecular complexity index is 1120. The average Bonchev–Trinajstić information content (AvgIpc) is 2.76. The number of nitrogens with one attached hydrogen (secondary N) is 2. The highest BCUT2D eigenvalue weighted by Gasteiger charge is 2.13. The number of ether oxygens (including phenoxy) is 1. The van der Waals surface area contributed by atoms with E-state index in [1.54, 1.807) is 30.3 Å². The zero-order valence-electron chi connectivity index (χ0n) is 16.6. The van der Waals surface area contributed by atoms with Crippen molar-refractivity contribution < 1.29 is 14.3 Å². The van der Waals surface area contributed by atoms with Gasteiger partial charge < -0.3 is 10.1 Å². The van der Waals surface area contributed by atoms with E-state index in [-0.39, 0.29) is 0 Å². The van der Waals surface area contributed by atoms with Crippen molar-refractivity contribution in [2.75, 3.05) is 5.32 Å². The molecule has 0 radical (unpaired) electrons. The van der Waals surface area contributed by atoms with Gasteiger partial charge in [-0.05, 0) is 48.4 Å². The number of benzene rings is 3. The summed E-state index contributed by atoms with van der Waals surface area (Å²) in [6.45, 7) is 2.23. The van der Waals surface area contributed by atoms with Crippen LogP contribution in [0.4, 0.5) is 5.69 Å². The van der Waals surface area contributed by atoms with E-state index < -0.39 is 11.8 Å². The zero-order valence-corrected chi connectivity index (χ0v) is 18.9. The fourth-order valence-corrected chi connectivity index (χ4v) is 3.12. The Hall–Kier alpha value is -3.16. The van der Waals surface area contributed by atoms with Crippen LogP contribution in [-0.4, -0.2) is 18.0 Å². The molecule has 0 heterocycles. The Morgan fingerprint density at radius 3 is 2.58 bits per heavy atom. The molecule has 0 unspecified atom stereocenters. The summed E-state index contributed by atoms with van der Waals surface area (Å²) >= 11 is 9.43. The standard InChI is InChI=1S/C23H19BrClN3O3/c1-15-7-9-19(12-20(15)25)27-22(29)23(30)28-26-13-17-11-18(24)8-10-21(17)31-14-16-5-3-2-4-6-16/h2-13H,14H2,1H3,(H,27,29)(H,28,30)/b26-13+. The Morgan fingerprint density at radius 2 is 1.84 bits per heavy atom. The summed E-state index contributed by atoms with van der Waals surface area (Å²) < 4.78 is 6.69. The third-order valence-corrected chi connectivity index (χ3v) is 5.12. The Morgan fingerprint density at radius 1 is 1.06 bits per heavy atom. The molecule has 0 saturated carbocycles. The molecule has 0 aliphatic carbocycles. The average molecular weight is 501 g/mol. The van der Waals surface area contributed by atoms with Crippen LogP contribution in [0.2, 0.25) is 5.02 Å². The minimum absolute atomic E-state index is 0.386. The normalized spacial score (nSPS) is 10.7. The molecule has 2 N–H and O–H groups in total. The minimum Gasteiger partial charge on any atom is -0.488 e. The lowest BCUT2D eigenvalue weighted by atomic mass is 10.2. The monoisotopic (exact) mass is 499 g/mol. The first-order valence-electron chi connectivity index (χ1n) is 9.29. The predicted octanol–water partition coefficient (Wildman–Crippen LogP) is 5.08. The van der Waals surface area contributed by atoms with Crippen LogP contribution < -0.4 is 15.5 Å². The zero-order chi connectivity index (χ0) is 22.2. The number of aryl methyl sites for hydroxylation is 1. The molecular weight excluding hydrogens is 482 g/mol. The third kappa shape index (κ3) is 6.67. The van der Waals surface area contributed by atoms with E-state index in [2.05, 4.69) is 31.8 Å². The number of halogens is 2. The number of carbonyl (C=O) groups excluding carboxylic acids is 2. The van der Waals surface area contributed by atoms with Crippen molar-refractivity contribution in [3.63, 3.8) is 0 Å². The molecule has 3 rings (SSSR count). The van der Waals surface area contributed by atoms with E-state index in [9.17, 15) is 9.59 Å². The second-order valence-electron chi connectivity index (χ2n) is 6.57. The van der Waals surface area contributed by atoms with Gasteiger partial charge in [0.05, 0.1) is 6.21 Å². The van der Waals surface area contributed by atoms with Gasteiger partial charge in [-0.15, -0.1) is 0 Å². The number of hydrogen-bond donors (Lipinski definition) is 2. The van der Waals surface area contributed by atoms with Gasteiger partial charge in [-0.3, -0.25) is 9.59 Å². The second-order valence-corrected chi connectivity index (χ2v) is 7.90. The van der Waals surface area contributed by atoms with Gasteiger partial charge in [-0.25, -0.2) is 5.43 Å². The van der Waals surface area contributed by atoms with Crippen LogP contribution in [-0.2, 0) is 16.2 Å². The molecule has 0 aliphatic rings. The third-order valence-electron chi connectivity index (χ3n) is 4.21. The summed E-state index contributed by atoms with van der Waals surface area (Å²) in [5.41, 5.74) is 5.16. The van der Waals surface area contributed by atoms with Crippen molar-refractivity contribution in [3.05, 3.63) is 92.9 Å². The van der Waals surface area contributed by atoms with Gasteiger partial charge in [0.2, 0.25) is 0 Å². The molecular formula is C23H19BrClN3O3. The van der Waals surface area contributed by atoms with E-state index >= 15 is 0 Å². The molecule has 158 valence electrons. The molecule has 0 saturated heterocycles. The summed E-state index contributed by atoms with van der Waals surface area (Å²) in [7, 11) is 0. The fourth-order valence-electron chi connectivity index (χ4n) is 2.56. The molecule has 2 amide bonds. The molecule has 8 heteroatoms. The van der Waals surface area contributed by atoms with Gasteiger partial charge in [0.15, 0.2) is 0 Å². The number of anilines is 1. The van der Waals surface area contributed by atoms with E-state index in [0.29, 0.717) is 28.6 Å². The van der Waals surface area contributed by atoms with Crippen LogP contribution >= 0.6 is 27.5 Å². The summed E-state index contributed by atoms with van der Waals surface area (Å²) in [6, 6.07) is 20.2. The topological polar surface area (TPSA) is 79.8 Å². The van der Waals surface area contributed by atoms with Gasteiger partial charge in [0.1, 0.15) is 12.4 Å². The number of rotatable bonds is 6. The Kier molecular flexibility index (Phi) is 7.81. The molecule has 0 fully saturated rings. The number of amides is 2. The van der Waals surface area contributed by atoms with Crippen molar-refractivity contribution in [2.45, 2.75) is 13.5 Å². The highest BCUT2D eigenvalue weighted by atomic mass is 79.9. The van der Waals surface area contributed by atoms with Gasteiger partial charge in [-0.2, -0.15) is 5.10 Å². The van der Waals surface area contributed by atoms with E-state index in [1.165, 1.54) is 6.21 Å². The van der Waals surface area contributed by atoms with Gasteiger partial charge in [-0.1, -0.05) is 63.9 Å². The van der Waals surface area contributed by atoms with Crippen LogP contribution in [0, 0.1) is 6.92 Å². The molecule has 0 aromatic heterocycles. The SMILES string of the molecule is Cc1ccc(NC(=O)C(=O)N/N=C/c2cc(Br)ccc2OCc2ccccc2)cc1Cl. The summed E-state index contributed by atoms with van der Waals surface area (Å²) in [4.78, 5) is 24.1. The van der Waals surface area contributed by atoms with Gasteiger partial charge in [0, 0.05) is 20.7 Å². The van der Waals surface area contributed by atoms with Crippen LogP contribution in [0.25, 0.3) is 0 Å². The van der Waals surface area contributed by atoms with Crippen LogP contribution in [0.15, 0.2) is 76.3 Å². The number of hydrogen-bond acceptors (Lipinski definition) is 4. The molecule has 0 spiro atoms. The number of hydrazone groups is 1. The summed E-state index contributed by atoms with van der Waals surface area (Å²) in [5, 5.41) is 6.85. The van der Waals surface area contributed by atoms with Crippen molar-refractivity contribution in [1.29, 1.82) is 0 Å². The van der Waals surface area contributed by atoms with Gasteiger partial charge >= 0.3 is 11.8 Å². The molecule has 0 bridgehead atoms. The van der Waals surface area contributed by atoms with Crippen LogP contribution in [0.5, 0.6) is 5.75 Å². The van der Waals surface area contributed by atoms with Gasteiger partial charge in [0.25, 0.3) is 0 Å². The first-order valence-corrected chi connectivity index (χ1v) is 10.5. The Labute approximate surface area is 193 Å². The molecule has 31 heavy (non-hydrogen) atoms. The molecule has 3 aromatic carbocycles. The van der Waals surface area contributed by atoms with Crippen LogP contribution in [0.1, 0.15) is 16.7 Å². The first-order chi connectivity index (χ1) is 14.9. The molecule has 0 atom stereocenters. The highest BCUT2D eigenvalue weighted by Crippen LogP contribution is 2.23. The molecule has 3 aromatic rings. The maximum absolute atomic E-state index is 12.1. The largest absolute Gasteiger partial charge is 0.488 e. The maximum atomic E-state index is 12.1. The van der Waals surface area contributed by atoms with Crippen molar-refractivity contribution >= 4 is 51.2 Å². The lowest BCUT2D eigenvalue weighted by Gasteiger charge is -2.10. The van der Waals surface area contributed by atoms with Crippen LogP contribution in [0.3, 0.4) is 0 Å². The summed E-state index contributed by atoms with van der Waals surface area (Å²) in [5.74, 6) is -1.18. The fraction of sp³-hybridized carbons (Fsp3) is 0.0870. The lowest BCUT2D eigenvalue weighted by Crippen LogP contribution is -2.32. The number of nitrogens with zero attached hydrogens (tertiary/aromatic N) is 1. The van der Waals surface area contributed by atoms with Crippen molar-refractivity contribution in [1.82, 2.24) is 5.43 Å². The predicted molar refractivity (Wildman–Crippen MR) is 125 cm³/mol. The molecule has 6 nitrogen and oxygen atoms in total. The van der Waals surface area contributed by atoms with Crippen molar-refractivity contribution in [3.8, 4) is 5.75 Å². The van der Waals surface area contributed by atoms with E-state index in [1.807, 2.05) is 43.3 Å².